The number of alkyl halides is 3. The molecule has 106 valence electrons. The van der Waals surface area contributed by atoms with Crippen molar-refractivity contribution in [1.82, 2.24) is 4.57 Å². The molecule has 0 saturated heterocycles. The van der Waals surface area contributed by atoms with E-state index in [1.165, 1.54) is 0 Å². The van der Waals surface area contributed by atoms with Crippen LogP contribution in [-0.2, 0) is 19.3 Å². The number of rotatable bonds is 3. The predicted molar refractivity (Wildman–Crippen MR) is 69.1 cm³/mol. The number of halogens is 3. The molecule has 0 aliphatic heterocycles. The normalized spacial score (nSPS) is 11.6. The standard InChI is InChI=1S/C14H13F3N2O/c15-14(16,17)12-6-3-7-13(20)19(12)9-11-5-2-1-4-10(11)8-18/h1-7H,8-9,18H2. The highest BCUT2D eigenvalue weighted by molar-refractivity contribution is 5.28. The lowest BCUT2D eigenvalue weighted by molar-refractivity contribution is -0.144. The van der Waals surface area contributed by atoms with E-state index in [-0.39, 0.29) is 13.1 Å². The van der Waals surface area contributed by atoms with Crippen molar-refractivity contribution >= 4 is 0 Å². The molecule has 2 aromatic rings. The van der Waals surface area contributed by atoms with Crippen LogP contribution in [0.15, 0.2) is 47.3 Å². The number of aromatic nitrogens is 1. The van der Waals surface area contributed by atoms with E-state index in [1.54, 1.807) is 24.3 Å². The van der Waals surface area contributed by atoms with Gasteiger partial charge in [0.1, 0.15) is 5.69 Å². The summed E-state index contributed by atoms with van der Waals surface area (Å²) >= 11 is 0. The third kappa shape index (κ3) is 2.91. The van der Waals surface area contributed by atoms with Gasteiger partial charge >= 0.3 is 6.18 Å². The molecule has 20 heavy (non-hydrogen) atoms. The zero-order valence-corrected chi connectivity index (χ0v) is 10.5. The summed E-state index contributed by atoms with van der Waals surface area (Å²) in [5.41, 5.74) is 5.23. The minimum absolute atomic E-state index is 0.151. The van der Waals surface area contributed by atoms with E-state index in [9.17, 15) is 18.0 Å². The molecule has 1 aromatic carbocycles. The van der Waals surface area contributed by atoms with Crippen molar-refractivity contribution in [2.24, 2.45) is 5.73 Å². The molecular weight excluding hydrogens is 269 g/mol. The lowest BCUT2D eigenvalue weighted by Crippen LogP contribution is -2.28. The van der Waals surface area contributed by atoms with Crippen molar-refractivity contribution in [3.05, 3.63) is 69.6 Å². The van der Waals surface area contributed by atoms with Crippen LogP contribution < -0.4 is 11.3 Å². The Hall–Kier alpha value is -2.08. The van der Waals surface area contributed by atoms with Crippen LogP contribution in [0.3, 0.4) is 0 Å². The van der Waals surface area contributed by atoms with Gasteiger partial charge in [-0.15, -0.1) is 0 Å². The van der Waals surface area contributed by atoms with Crippen LogP contribution in [0.5, 0.6) is 0 Å². The molecule has 3 nitrogen and oxygen atoms in total. The van der Waals surface area contributed by atoms with Crippen LogP contribution >= 0.6 is 0 Å². The van der Waals surface area contributed by atoms with E-state index in [0.29, 0.717) is 10.1 Å². The molecular formula is C14H13F3N2O. The van der Waals surface area contributed by atoms with Crippen molar-refractivity contribution in [2.75, 3.05) is 0 Å². The summed E-state index contributed by atoms with van der Waals surface area (Å²) in [6, 6.07) is 9.97. The summed E-state index contributed by atoms with van der Waals surface area (Å²) in [4.78, 5) is 11.7. The number of pyridine rings is 1. The Morgan fingerprint density at radius 3 is 2.25 bits per heavy atom. The van der Waals surface area contributed by atoms with E-state index < -0.39 is 17.4 Å². The molecule has 0 unspecified atom stereocenters. The van der Waals surface area contributed by atoms with Crippen molar-refractivity contribution in [3.8, 4) is 0 Å². The average Bonchev–Trinajstić information content (AvgIpc) is 2.40. The molecule has 0 amide bonds. The smallest absolute Gasteiger partial charge is 0.326 e. The maximum absolute atomic E-state index is 12.9. The van der Waals surface area contributed by atoms with Crippen LogP contribution in [0.4, 0.5) is 13.2 Å². The maximum atomic E-state index is 12.9. The summed E-state index contributed by atoms with van der Waals surface area (Å²) in [6.45, 7) is 0.0565. The van der Waals surface area contributed by atoms with Gasteiger partial charge in [-0.3, -0.25) is 9.36 Å². The summed E-state index contributed by atoms with van der Waals surface area (Å²) in [5.74, 6) is 0. The minimum Gasteiger partial charge on any atom is -0.326 e. The molecule has 0 fully saturated rings. The molecule has 0 saturated carbocycles. The van der Waals surface area contributed by atoms with Gasteiger partial charge in [0.2, 0.25) is 0 Å². The van der Waals surface area contributed by atoms with Crippen molar-refractivity contribution < 1.29 is 13.2 Å². The summed E-state index contributed by atoms with van der Waals surface area (Å²) in [5, 5.41) is 0. The summed E-state index contributed by atoms with van der Waals surface area (Å²) in [7, 11) is 0. The number of benzene rings is 1. The highest BCUT2D eigenvalue weighted by atomic mass is 19.4. The van der Waals surface area contributed by atoms with Gasteiger partial charge < -0.3 is 5.73 Å². The number of nitrogens with zero attached hydrogens (tertiary/aromatic N) is 1. The molecule has 0 radical (unpaired) electrons. The Bertz CT molecular complexity index is 662. The lowest BCUT2D eigenvalue weighted by atomic mass is 10.1. The molecule has 0 aliphatic carbocycles. The van der Waals surface area contributed by atoms with Crippen molar-refractivity contribution in [1.29, 1.82) is 0 Å². The van der Waals surface area contributed by atoms with Gasteiger partial charge in [-0.05, 0) is 17.2 Å². The summed E-state index contributed by atoms with van der Waals surface area (Å²) in [6.07, 6.45) is -4.57. The van der Waals surface area contributed by atoms with Gasteiger partial charge in [0.15, 0.2) is 0 Å². The highest BCUT2D eigenvalue weighted by Crippen LogP contribution is 2.28. The molecule has 0 atom stereocenters. The second-order valence-electron chi connectivity index (χ2n) is 4.31. The van der Waals surface area contributed by atoms with Crippen LogP contribution in [-0.4, -0.2) is 4.57 Å². The first-order valence-corrected chi connectivity index (χ1v) is 5.97. The van der Waals surface area contributed by atoms with Crippen LogP contribution in [0.25, 0.3) is 0 Å². The van der Waals surface area contributed by atoms with E-state index in [2.05, 4.69) is 0 Å². The SMILES string of the molecule is NCc1ccccc1Cn1c(C(F)(F)F)cccc1=O. The monoisotopic (exact) mass is 282 g/mol. The molecule has 2 N–H and O–H groups in total. The third-order valence-electron chi connectivity index (χ3n) is 3.01. The number of nitrogens with two attached hydrogens (primary N) is 1. The first-order valence-electron chi connectivity index (χ1n) is 5.97. The topological polar surface area (TPSA) is 48.0 Å². The van der Waals surface area contributed by atoms with E-state index in [4.69, 9.17) is 5.73 Å². The Balaban J connectivity index is 2.51. The predicted octanol–water partition coefficient (Wildman–Crippen LogP) is 2.37. The van der Waals surface area contributed by atoms with Gasteiger partial charge in [0.05, 0.1) is 6.54 Å². The van der Waals surface area contributed by atoms with E-state index in [0.717, 1.165) is 23.8 Å². The quantitative estimate of drug-likeness (QED) is 0.939. The Labute approximate surface area is 113 Å². The molecule has 0 spiro atoms. The minimum atomic E-state index is -4.57. The fourth-order valence-corrected chi connectivity index (χ4v) is 2.01. The third-order valence-corrected chi connectivity index (χ3v) is 3.01. The molecule has 6 heteroatoms. The maximum Gasteiger partial charge on any atom is 0.431 e. The van der Waals surface area contributed by atoms with Gasteiger partial charge in [0, 0.05) is 12.6 Å². The second kappa shape index (κ2) is 5.50. The van der Waals surface area contributed by atoms with Crippen LogP contribution in [0.2, 0.25) is 0 Å². The zero-order chi connectivity index (χ0) is 14.8. The molecule has 1 aromatic heterocycles. The molecule has 0 aliphatic rings. The largest absolute Gasteiger partial charge is 0.431 e. The first-order chi connectivity index (χ1) is 9.43. The summed E-state index contributed by atoms with van der Waals surface area (Å²) < 4.78 is 39.5. The Morgan fingerprint density at radius 1 is 1.00 bits per heavy atom. The first kappa shape index (κ1) is 14.3. The van der Waals surface area contributed by atoms with Crippen molar-refractivity contribution in [2.45, 2.75) is 19.3 Å². The van der Waals surface area contributed by atoms with Gasteiger partial charge in [-0.1, -0.05) is 30.3 Å². The second-order valence-corrected chi connectivity index (χ2v) is 4.31. The molecule has 2 rings (SSSR count). The number of hydrogen-bond acceptors (Lipinski definition) is 2. The Kier molecular flexibility index (Phi) is 3.94. The van der Waals surface area contributed by atoms with Crippen molar-refractivity contribution in [3.63, 3.8) is 0 Å². The highest BCUT2D eigenvalue weighted by Gasteiger charge is 2.34. The zero-order valence-electron chi connectivity index (χ0n) is 10.5. The van der Waals surface area contributed by atoms with Crippen LogP contribution in [0.1, 0.15) is 16.8 Å². The lowest BCUT2D eigenvalue weighted by Gasteiger charge is -2.16. The Morgan fingerprint density at radius 2 is 1.65 bits per heavy atom. The molecule has 0 bridgehead atoms. The van der Waals surface area contributed by atoms with Gasteiger partial charge in [-0.25, -0.2) is 0 Å². The average molecular weight is 282 g/mol. The fourth-order valence-electron chi connectivity index (χ4n) is 2.01. The number of hydrogen-bond donors (Lipinski definition) is 1. The molecule has 1 heterocycles. The van der Waals surface area contributed by atoms with Gasteiger partial charge in [-0.2, -0.15) is 13.2 Å². The van der Waals surface area contributed by atoms with E-state index in [1.807, 2.05) is 0 Å². The van der Waals surface area contributed by atoms with E-state index >= 15 is 0 Å². The van der Waals surface area contributed by atoms with Gasteiger partial charge in [0.25, 0.3) is 5.56 Å². The van der Waals surface area contributed by atoms with Crippen LogP contribution in [0, 0.1) is 0 Å². The fraction of sp³-hybridized carbons (Fsp3) is 0.214.